The lowest BCUT2D eigenvalue weighted by Gasteiger charge is -2.46. The van der Waals surface area contributed by atoms with Crippen molar-refractivity contribution in [2.75, 3.05) is 13.1 Å². The zero-order chi connectivity index (χ0) is 12.4. The van der Waals surface area contributed by atoms with Gasteiger partial charge in [-0.3, -0.25) is 4.90 Å². The Kier molecular flexibility index (Phi) is 4.08. The van der Waals surface area contributed by atoms with E-state index in [4.69, 9.17) is 11.6 Å². The van der Waals surface area contributed by atoms with Gasteiger partial charge in [0.1, 0.15) is 0 Å². The number of hydrogen-bond acceptors (Lipinski definition) is 2. The highest BCUT2D eigenvalue weighted by atomic mass is 35.5. The fourth-order valence-electron chi connectivity index (χ4n) is 2.32. The minimum atomic E-state index is -0.190. The van der Waals surface area contributed by atoms with E-state index >= 15 is 0 Å². The van der Waals surface area contributed by atoms with Crippen LogP contribution in [-0.4, -0.2) is 35.2 Å². The Morgan fingerprint density at radius 1 is 1.35 bits per heavy atom. The lowest BCUT2D eigenvalue weighted by Crippen LogP contribution is -2.61. The highest BCUT2D eigenvalue weighted by Gasteiger charge is 2.37. The van der Waals surface area contributed by atoms with Crippen LogP contribution >= 0.6 is 11.6 Å². The first-order chi connectivity index (χ1) is 8.06. The zero-order valence-electron chi connectivity index (χ0n) is 10.4. The molecule has 1 aliphatic rings. The van der Waals surface area contributed by atoms with Crippen molar-refractivity contribution in [3.63, 3.8) is 0 Å². The molecule has 1 fully saturated rings. The lowest BCUT2D eigenvalue weighted by atomic mass is 9.91. The third kappa shape index (κ3) is 3.21. The maximum atomic E-state index is 9.83. The summed E-state index contributed by atoms with van der Waals surface area (Å²) >= 11 is 5.86. The third-order valence-electron chi connectivity index (χ3n) is 3.21. The monoisotopic (exact) mass is 252 g/mol. The molecular formula is C14H19ClNO. The minimum Gasteiger partial charge on any atom is -0.390 e. The van der Waals surface area contributed by atoms with Crippen LogP contribution < -0.4 is 0 Å². The van der Waals surface area contributed by atoms with Gasteiger partial charge in [-0.2, -0.15) is 0 Å². The highest BCUT2D eigenvalue weighted by Crippen LogP contribution is 2.24. The first-order valence-corrected chi connectivity index (χ1v) is 6.39. The van der Waals surface area contributed by atoms with Crippen molar-refractivity contribution in [2.45, 2.75) is 32.4 Å². The van der Waals surface area contributed by atoms with Gasteiger partial charge in [0.25, 0.3) is 0 Å². The number of likely N-dealkylation sites (tertiary alicyclic amines) is 1. The Labute approximate surface area is 108 Å². The topological polar surface area (TPSA) is 23.5 Å². The molecule has 0 amide bonds. The fourth-order valence-corrected chi connectivity index (χ4v) is 2.44. The van der Waals surface area contributed by atoms with E-state index in [1.54, 1.807) is 0 Å². The number of rotatable bonds is 4. The predicted octanol–water partition coefficient (Wildman–Crippen LogP) is 2.54. The van der Waals surface area contributed by atoms with Crippen molar-refractivity contribution in [1.82, 2.24) is 4.90 Å². The summed E-state index contributed by atoms with van der Waals surface area (Å²) < 4.78 is 0. The second-order valence-electron chi connectivity index (χ2n) is 5.10. The van der Waals surface area contributed by atoms with E-state index in [-0.39, 0.29) is 12.1 Å². The molecule has 1 unspecified atom stereocenters. The average molecular weight is 253 g/mol. The fraction of sp³-hybridized carbons (Fsp3) is 0.500. The zero-order valence-corrected chi connectivity index (χ0v) is 11.1. The Hall–Kier alpha value is -0.570. The molecule has 17 heavy (non-hydrogen) atoms. The molecule has 2 nitrogen and oxygen atoms in total. The maximum Gasteiger partial charge on any atom is 0.0825 e. The molecule has 3 heteroatoms. The molecule has 1 radical (unpaired) electrons. The summed E-state index contributed by atoms with van der Waals surface area (Å²) in [5.41, 5.74) is 1.23. The number of β-amino-alcohol motifs (C(OH)–C–C–N with tert-alkyl or cyclic N) is 1. The summed E-state index contributed by atoms with van der Waals surface area (Å²) in [6.45, 7) is 6.03. The number of halogens is 1. The predicted molar refractivity (Wildman–Crippen MR) is 71.1 cm³/mol. The second kappa shape index (κ2) is 5.38. The van der Waals surface area contributed by atoms with Crippen molar-refractivity contribution < 1.29 is 5.11 Å². The molecule has 1 saturated heterocycles. The molecule has 0 aliphatic carbocycles. The summed E-state index contributed by atoms with van der Waals surface area (Å²) in [5, 5.41) is 10.6. The van der Waals surface area contributed by atoms with E-state index < -0.39 is 0 Å². The van der Waals surface area contributed by atoms with Gasteiger partial charge in [0.05, 0.1) is 6.10 Å². The summed E-state index contributed by atoms with van der Waals surface area (Å²) in [6.07, 6.45) is 0.705. The molecule has 1 heterocycles. The standard InChI is InChI=1S/C14H19ClNO/c1-10(2)8-16-9-14(17)13(16)7-11-3-5-12(15)6-4-11/h3-6,13-14,17H,7-9H2,1-2H3/t13-,14?/m0/s1. The third-order valence-corrected chi connectivity index (χ3v) is 3.46. The van der Waals surface area contributed by atoms with E-state index in [9.17, 15) is 5.11 Å². The highest BCUT2D eigenvalue weighted by molar-refractivity contribution is 6.30. The number of benzene rings is 1. The first-order valence-electron chi connectivity index (χ1n) is 6.02. The van der Waals surface area contributed by atoms with Gasteiger partial charge < -0.3 is 5.11 Å². The van der Waals surface area contributed by atoms with E-state index in [1.165, 1.54) is 11.5 Å². The Morgan fingerprint density at radius 2 is 2.00 bits per heavy atom. The van der Waals surface area contributed by atoms with Crippen molar-refractivity contribution in [2.24, 2.45) is 0 Å². The Bertz CT molecular complexity index is 363. The molecule has 0 bridgehead atoms. The van der Waals surface area contributed by atoms with Crippen molar-refractivity contribution in [3.05, 3.63) is 40.8 Å². The molecule has 93 valence electrons. The molecule has 1 N–H and O–H groups in total. The SMILES string of the molecule is C[C](C)CN1CC(O)[C@@H]1Cc1ccc(Cl)cc1. The van der Waals surface area contributed by atoms with Crippen LogP contribution in [0.5, 0.6) is 0 Å². The van der Waals surface area contributed by atoms with Gasteiger partial charge in [-0.05, 0) is 30.0 Å². The van der Waals surface area contributed by atoms with Gasteiger partial charge in [-0.15, -0.1) is 0 Å². The molecule has 1 aromatic carbocycles. The second-order valence-corrected chi connectivity index (χ2v) is 5.54. The smallest absolute Gasteiger partial charge is 0.0825 e. The van der Waals surface area contributed by atoms with Crippen LogP contribution in [0, 0.1) is 5.92 Å². The van der Waals surface area contributed by atoms with E-state index in [0.717, 1.165) is 24.5 Å². The molecule has 2 rings (SSSR count). The van der Waals surface area contributed by atoms with Crippen LogP contribution in [0.2, 0.25) is 5.02 Å². The van der Waals surface area contributed by atoms with Gasteiger partial charge in [-0.25, -0.2) is 0 Å². The summed E-state index contributed by atoms with van der Waals surface area (Å²) in [6, 6.07) is 8.14. The normalized spacial score (nSPS) is 25.0. The van der Waals surface area contributed by atoms with Crippen LogP contribution in [0.15, 0.2) is 24.3 Å². The average Bonchev–Trinajstić information content (AvgIpc) is 2.27. The summed E-state index contributed by atoms with van der Waals surface area (Å²) in [5.74, 6) is 1.39. The molecule has 0 aromatic heterocycles. The van der Waals surface area contributed by atoms with Crippen LogP contribution in [0.4, 0.5) is 0 Å². The van der Waals surface area contributed by atoms with E-state index in [2.05, 4.69) is 18.7 Å². The Balaban J connectivity index is 1.95. The molecule has 1 aliphatic heterocycles. The molecule has 2 atom stereocenters. The largest absolute Gasteiger partial charge is 0.390 e. The number of hydrogen-bond donors (Lipinski definition) is 1. The van der Waals surface area contributed by atoms with Gasteiger partial charge in [0.15, 0.2) is 0 Å². The number of aliphatic hydroxyl groups is 1. The van der Waals surface area contributed by atoms with Crippen molar-refractivity contribution >= 4 is 11.6 Å². The summed E-state index contributed by atoms with van der Waals surface area (Å²) in [4.78, 5) is 2.33. The van der Waals surface area contributed by atoms with Gasteiger partial charge in [-0.1, -0.05) is 37.6 Å². The van der Waals surface area contributed by atoms with Gasteiger partial charge in [0, 0.05) is 24.2 Å². The van der Waals surface area contributed by atoms with Crippen LogP contribution in [-0.2, 0) is 6.42 Å². The molecule has 1 aromatic rings. The lowest BCUT2D eigenvalue weighted by molar-refractivity contribution is -0.0576. The molecule has 0 spiro atoms. The first kappa shape index (κ1) is 12.9. The van der Waals surface area contributed by atoms with Gasteiger partial charge in [0.2, 0.25) is 0 Å². The number of nitrogens with zero attached hydrogens (tertiary/aromatic N) is 1. The Morgan fingerprint density at radius 3 is 2.53 bits per heavy atom. The van der Waals surface area contributed by atoms with Gasteiger partial charge >= 0.3 is 0 Å². The molecular weight excluding hydrogens is 234 g/mol. The van der Waals surface area contributed by atoms with E-state index in [1.807, 2.05) is 24.3 Å². The maximum absolute atomic E-state index is 9.83. The van der Waals surface area contributed by atoms with Crippen LogP contribution in [0.3, 0.4) is 0 Å². The summed E-state index contributed by atoms with van der Waals surface area (Å²) in [7, 11) is 0. The molecule has 0 saturated carbocycles. The van der Waals surface area contributed by atoms with Crippen molar-refractivity contribution in [1.29, 1.82) is 0 Å². The van der Waals surface area contributed by atoms with Crippen molar-refractivity contribution in [3.8, 4) is 0 Å². The minimum absolute atomic E-state index is 0.190. The number of aliphatic hydroxyl groups excluding tert-OH is 1. The van der Waals surface area contributed by atoms with Crippen LogP contribution in [0.1, 0.15) is 19.4 Å². The van der Waals surface area contributed by atoms with E-state index in [0.29, 0.717) is 0 Å². The quantitative estimate of drug-likeness (QED) is 0.890. The van der Waals surface area contributed by atoms with Crippen LogP contribution in [0.25, 0.3) is 0 Å².